The van der Waals surface area contributed by atoms with Gasteiger partial charge in [-0.15, -0.1) is 0 Å². The minimum absolute atomic E-state index is 0.0186. The summed E-state index contributed by atoms with van der Waals surface area (Å²) in [6.45, 7) is 1.59. The Kier molecular flexibility index (Phi) is 7.20. The molecule has 2 heterocycles. The SMILES string of the molecule is C[C@H]1CN(C(=O)c2ccco2)C2CC(C3CCC(C(=O)N(C)C)CC3)CCC2N1C(=O)C(F)(F)F. The van der Waals surface area contributed by atoms with Gasteiger partial charge >= 0.3 is 12.1 Å². The number of fused-ring (bicyclic) bond motifs is 1. The molecule has 3 unspecified atom stereocenters. The minimum atomic E-state index is -4.96. The molecule has 7 nitrogen and oxygen atoms in total. The third-order valence-corrected chi connectivity index (χ3v) is 8.21. The van der Waals surface area contributed by atoms with Gasteiger partial charge in [0.2, 0.25) is 5.91 Å². The molecule has 10 heteroatoms. The van der Waals surface area contributed by atoms with Crippen LogP contribution in [0.2, 0.25) is 0 Å². The second kappa shape index (κ2) is 9.85. The fraction of sp³-hybridized carbons (Fsp3) is 0.720. The average molecular weight is 498 g/mol. The zero-order valence-corrected chi connectivity index (χ0v) is 20.5. The Bertz CT molecular complexity index is 925. The first-order valence-corrected chi connectivity index (χ1v) is 12.4. The third-order valence-electron chi connectivity index (χ3n) is 8.21. The molecule has 194 valence electrons. The number of piperazine rings is 1. The van der Waals surface area contributed by atoms with Gasteiger partial charge in [-0.05, 0) is 75.8 Å². The van der Waals surface area contributed by atoms with Crippen LogP contribution in [0, 0.1) is 17.8 Å². The van der Waals surface area contributed by atoms with E-state index in [0.29, 0.717) is 25.2 Å². The summed E-state index contributed by atoms with van der Waals surface area (Å²) in [6, 6.07) is 1.21. The van der Waals surface area contributed by atoms with Crippen molar-refractivity contribution in [1.29, 1.82) is 0 Å². The van der Waals surface area contributed by atoms with E-state index in [9.17, 15) is 27.6 Å². The van der Waals surface area contributed by atoms with E-state index in [-0.39, 0.29) is 36.0 Å². The van der Waals surface area contributed by atoms with Gasteiger partial charge in [0.15, 0.2) is 5.76 Å². The second-order valence-electron chi connectivity index (χ2n) is 10.5. The summed E-state index contributed by atoms with van der Waals surface area (Å²) in [5, 5.41) is 0. The smallest absolute Gasteiger partial charge is 0.459 e. The van der Waals surface area contributed by atoms with Crippen LogP contribution in [0.3, 0.4) is 0 Å². The monoisotopic (exact) mass is 497 g/mol. The van der Waals surface area contributed by atoms with Crippen molar-refractivity contribution in [1.82, 2.24) is 14.7 Å². The molecule has 3 aliphatic rings. The number of halogens is 3. The second-order valence-corrected chi connectivity index (χ2v) is 10.5. The number of nitrogens with zero attached hydrogens (tertiary/aromatic N) is 3. The molecule has 1 aromatic rings. The molecule has 4 atom stereocenters. The number of hydrogen-bond acceptors (Lipinski definition) is 4. The van der Waals surface area contributed by atoms with E-state index in [1.807, 2.05) is 0 Å². The molecule has 0 bridgehead atoms. The molecule has 2 aliphatic carbocycles. The van der Waals surface area contributed by atoms with Gasteiger partial charge in [0, 0.05) is 32.6 Å². The summed E-state index contributed by atoms with van der Waals surface area (Å²) in [5.41, 5.74) is 0. The number of carbonyl (C=O) groups is 3. The van der Waals surface area contributed by atoms with Crippen LogP contribution in [0.25, 0.3) is 0 Å². The van der Waals surface area contributed by atoms with Crippen LogP contribution in [-0.4, -0.2) is 77.4 Å². The van der Waals surface area contributed by atoms with Crippen LogP contribution in [0.5, 0.6) is 0 Å². The number of carbonyl (C=O) groups excluding carboxylic acids is 3. The van der Waals surface area contributed by atoms with Crippen LogP contribution in [0.1, 0.15) is 62.4 Å². The number of alkyl halides is 3. The predicted octanol–water partition coefficient (Wildman–Crippen LogP) is 3.95. The van der Waals surface area contributed by atoms with Gasteiger partial charge in [-0.3, -0.25) is 14.4 Å². The Morgan fingerprint density at radius 2 is 1.66 bits per heavy atom. The molecule has 0 aromatic carbocycles. The molecule has 0 radical (unpaired) electrons. The summed E-state index contributed by atoms with van der Waals surface area (Å²) < 4.78 is 45.7. The topological polar surface area (TPSA) is 74.1 Å². The number of hydrogen-bond donors (Lipinski definition) is 0. The molecule has 35 heavy (non-hydrogen) atoms. The van der Waals surface area contributed by atoms with Gasteiger partial charge in [0.05, 0.1) is 18.3 Å². The Hall–Kier alpha value is -2.52. The molecule has 4 rings (SSSR count). The van der Waals surface area contributed by atoms with E-state index < -0.39 is 30.2 Å². The largest absolute Gasteiger partial charge is 0.471 e. The zero-order valence-electron chi connectivity index (χ0n) is 20.5. The van der Waals surface area contributed by atoms with Gasteiger partial charge < -0.3 is 19.1 Å². The van der Waals surface area contributed by atoms with Crippen molar-refractivity contribution in [3.05, 3.63) is 24.2 Å². The van der Waals surface area contributed by atoms with E-state index in [2.05, 4.69) is 0 Å². The first-order valence-electron chi connectivity index (χ1n) is 12.4. The maximum atomic E-state index is 13.5. The summed E-state index contributed by atoms with van der Waals surface area (Å²) in [5.74, 6) is -1.28. The maximum Gasteiger partial charge on any atom is 0.471 e. The van der Waals surface area contributed by atoms with Gasteiger partial charge in [-0.1, -0.05) is 0 Å². The number of amides is 3. The number of rotatable bonds is 3. The van der Waals surface area contributed by atoms with Crippen molar-refractivity contribution in [2.45, 2.75) is 76.2 Å². The average Bonchev–Trinajstić information content (AvgIpc) is 3.36. The van der Waals surface area contributed by atoms with Crippen molar-refractivity contribution >= 4 is 17.7 Å². The van der Waals surface area contributed by atoms with Crippen molar-refractivity contribution in [2.24, 2.45) is 17.8 Å². The first-order chi connectivity index (χ1) is 16.5. The summed E-state index contributed by atoms with van der Waals surface area (Å²) >= 11 is 0. The van der Waals surface area contributed by atoms with Gasteiger partial charge in [-0.2, -0.15) is 13.2 Å². The molecule has 3 amide bonds. The summed E-state index contributed by atoms with van der Waals surface area (Å²) in [6.07, 6.45) is 1.49. The van der Waals surface area contributed by atoms with Crippen LogP contribution in [0.4, 0.5) is 13.2 Å². The van der Waals surface area contributed by atoms with Crippen molar-refractivity contribution in [2.75, 3.05) is 20.6 Å². The quantitative estimate of drug-likeness (QED) is 0.634. The van der Waals surface area contributed by atoms with E-state index in [1.165, 1.54) is 6.26 Å². The van der Waals surface area contributed by atoms with Crippen molar-refractivity contribution in [3.63, 3.8) is 0 Å². The lowest BCUT2D eigenvalue weighted by molar-refractivity contribution is -0.196. The maximum absolute atomic E-state index is 13.5. The standard InChI is InChI=1S/C25H34F3N3O4/c1-15-14-30(23(33)21-5-4-12-35-21)20-13-18(10-11-19(20)31(15)24(34)25(26,27)28)16-6-8-17(9-7-16)22(32)29(2)3/h4-5,12,15-20H,6-11,13-14H2,1-3H3/t15-,16?,17?,18?,19?,20?/m0/s1. The van der Waals surface area contributed by atoms with Gasteiger partial charge in [0.1, 0.15) is 0 Å². The predicted molar refractivity (Wildman–Crippen MR) is 121 cm³/mol. The molecule has 2 saturated carbocycles. The normalized spacial score (nSPS) is 31.6. The van der Waals surface area contributed by atoms with E-state index in [1.54, 1.807) is 43.0 Å². The lowest BCUT2D eigenvalue weighted by Crippen LogP contribution is -2.68. The highest BCUT2D eigenvalue weighted by molar-refractivity contribution is 5.92. The molecule has 1 aliphatic heterocycles. The highest BCUT2D eigenvalue weighted by Crippen LogP contribution is 2.44. The molecule has 0 spiro atoms. The lowest BCUT2D eigenvalue weighted by Gasteiger charge is -2.54. The molecule has 3 fully saturated rings. The fourth-order valence-electron chi connectivity index (χ4n) is 6.56. The van der Waals surface area contributed by atoms with Crippen LogP contribution in [0.15, 0.2) is 22.8 Å². The van der Waals surface area contributed by atoms with Gasteiger partial charge in [0.25, 0.3) is 5.91 Å². The van der Waals surface area contributed by atoms with E-state index in [0.717, 1.165) is 30.6 Å². The molecular formula is C25H34F3N3O4. The van der Waals surface area contributed by atoms with E-state index in [4.69, 9.17) is 4.42 Å². The highest BCUT2D eigenvalue weighted by atomic mass is 19.4. The summed E-state index contributed by atoms with van der Waals surface area (Å²) in [7, 11) is 3.52. The molecule has 1 aromatic heterocycles. The Morgan fingerprint density at radius 3 is 2.23 bits per heavy atom. The van der Waals surface area contributed by atoms with Crippen LogP contribution >= 0.6 is 0 Å². The fourth-order valence-corrected chi connectivity index (χ4v) is 6.56. The van der Waals surface area contributed by atoms with Crippen molar-refractivity contribution < 1.29 is 32.0 Å². The third kappa shape index (κ3) is 5.07. The minimum Gasteiger partial charge on any atom is -0.459 e. The van der Waals surface area contributed by atoms with Crippen LogP contribution in [-0.2, 0) is 9.59 Å². The van der Waals surface area contributed by atoms with Crippen molar-refractivity contribution in [3.8, 4) is 0 Å². The highest BCUT2D eigenvalue weighted by Gasteiger charge is 2.54. The Labute approximate surface area is 203 Å². The Morgan fingerprint density at radius 1 is 1.00 bits per heavy atom. The lowest BCUT2D eigenvalue weighted by atomic mass is 9.67. The van der Waals surface area contributed by atoms with E-state index >= 15 is 0 Å². The molecule has 0 N–H and O–H groups in total. The zero-order chi connectivity index (χ0) is 25.5. The molecule has 1 saturated heterocycles. The van der Waals surface area contributed by atoms with Gasteiger partial charge in [-0.25, -0.2) is 0 Å². The molecular weight excluding hydrogens is 463 g/mol. The summed E-state index contributed by atoms with van der Waals surface area (Å²) in [4.78, 5) is 42.2. The Balaban J connectivity index is 1.54. The number of furan rings is 1. The first kappa shape index (κ1) is 25.6. The van der Waals surface area contributed by atoms with Crippen LogP contribution < -0.4 is 0 Å².